The Bertz CT molecular complexity index is 946. The van der Waals surface area contributed by atoms with E-state index in [1.54, 1.807) is 0 Å². The van der Waals surface area contributed by atoms with E-state index in [4.69, 9.17) is 15.5 Å². The number of nitrogens with zero attached hydrogens (tertiary/aromatic N) is 1. The van der Waals surface area contributed by atoms with Crippen molar-refractivity contribution in [1.29, 1.82) is 0 Å². The Morgan fingerprint density at radius 2 is 1.96 bits per heavy atom. The fraction of sp³-hybridized carbons (Fsp3) is 0.391. The number of fused-ring (bicyclic) bond motifs is 1. The number of nitrogens with one attached hydrogen (secondary N) is 1. The fourth-order valence-corrected chi connectivity index (χ4v) is 3.91. The van der Waals surface area contributed by atoms with E-state index in [1.807, 2.05) is 44.2 Å². The molecule has 3 N–H and O–H groups in total. The van der Waals surface area contributed by atoms with Crippen molar-refractivity contribution in [2.45, 2.75) is 46.0 Å². The third kappa shape index (κ3) is 3.26. The molecule has 4 rings (SSSR count). The quantitative estimate of drug-likeness (QED) is 0.759. The molecule has 28 heavy (non-hydrogen) atoms. The van der Waals surface area contributed by atoms with Gasteiger partial charge in [0.15, 0.2) is 0 Å². The molecule has 5 nitrogen and oxygen atoms in total. The molecule has 0 saturated heterocycles. The molecule has 2 aromatic rings. The first kappa shape index (κ1) is 18.5. The monoisotopic (exact) mass is 377 g/mol. The van der Waals surface area contributed by atoms with Gasteiger partial charge in [-0.15, -0.1) is 0 Å². The molecule has 0 amide bonds. The number of pyridine rings is 1. The molecule has 1 aromatic carbocycles. The van der Waals surface area contributed by atoms with Crippen molar-refractivity contribution in [3.63, 3.8) is 0 Å². The van der Waals surface area contributed by atoms with Crippen molar-refractivity contribution in [1.82, 2.24) is 4.98 Å². The molecule has 5 heteroatoms. The molecule has 1 unspecified atom stereocenters. The minimum atomic E-state index is -0.291. The summed E-state index contributed by atoms with van der Waals surface area (Å²) >= 11 is 0. The van der Waals surface area contributed by atoms with Crippen LogP contribution in [0.25, 0.3) is 0 Å². The van der Waals surface area contributed by atoms with Crippen LogP contribution in [0.4, 0.5) is 11.5 Å². The first-order chi connectivity index (χ1) is 13.5. The number of rotatable bonds is 5. The molecule has 1 aliphatic heterocycles. The standard InChI is InChI=1S/C23H27N3O2/c1-4-17-13(2)21(24)20-19(16-8-6-5-7-9-16)18(14(3)25-22(20)26-17)23(27)28-12-15-10-11-15/h5-9,15,19H,4,10-12H2,1-3H3,(H3,24,25,26). The minimum absolute atomic E-state index is 0.270. The second-order valence-electron chi connectivity index (χ2n) is 7.76. The highest BCUT2D eigenvalue weighted by Gasteiger charge is 2.37. The van der Waals surface area contributed by atoms with Gasteiger partial charge in [0.2, 0.25) is 0 Å². The predicted molar refractivity (Wildman–Crippen MR) is 111 cm³/mol. The number of anilines is 2. The summed E-state index contributed by atoms with van der Waals surface area (Å²) in [5, 5.41) is 3.32. The Labute approximate surface area is 166 Å². The molecule has 1 atom stereocenters. The maximum atomic E-state index is 13.1. The summed E-state index contributed by atoms with van der Waals surface area (Å²) in [6.45, 7) is 6.48. The molecule has 0 radical (unpaired) electrons. The van der Waals surface area contributed by atoms with Crippen molar-refractivity contribution < 1.29 is 9.53 Å². The first-order valence-corrected chi connectivity index (χ1v) is 9.99. The Balaban J connectivity index is 1.85. The van der Waals surface area contributed by atoms with Crippen molar-refractivity contribution in [3.05, 3.63) is 64.0 Å². The molecule has 0 spiro atoms. The SMILES string of the molecule is CCc1nc2c(c(N)c1C)C(c1ccccc1)C(C(=O)OCC1CC1)=C(C)N2. The van der Waals surface area contributed by atoms with Crippen LogP contribution >= 0.6 is 0 Å². The van der Waals surface area contributed by atoms with Crippen molar-refractivity contribution in [2.75, 3.05) is 17.7 Å². The number of carbonyl (C=O) groups excluding carboxylic acids is 1. The molecule has 1 saturated carbocycles. The number of benzene rings is 1. The summed E-state index contributed by atoms with van der Waals surface area (Å²) in [6, 6.07) is 10.0. The highest BCUT2D eigenvalue weighted by molar-refractivity contribution is 5.95. The van der Waals surface area contributed by atoms with Gasteiger partial charge in [-0.1, -0.05) is 37.3 Å². The Morgan fingerprint density at radius 3 is 2.61 bits per heavy atom. The molecule has 2 heterocycles. The second kappa shape index (κ2) is 7.30. The highest BCUT2D eigenvalue weighted by atomic mass is 16.5. The van der Waals surface area contributed by atoms with E-state index in [9.17, 15) is 4.79 Å². The number of aryl methyl sites for hydroxylation is 1. The summed E-state index contributed by atoms with van der Waals surface area (Å²) in [6.07, 6.45) is 3.09. The number of aromatic nitrogens is 1. The summed E-state index contributed by atoms with van der Waals surface area (Å²) in [5.41, 5.74) is 12.5. The average molecular weight is 377 g/mol. The van der Waals surface area contributed by atoms with Crippen LogP contribution in [0.3, 0.4) is 0 Å². The van der Waals surface area contributed by atoms with Gasteiger partial charge in [-0.05, 0) is 50.2 Å². The lowest BCUT2D eigenvalue weighted by molar-refractivity contribution is -0.139. The number of nitrogen functional groups attached to an aromatic ring is 1. The zero-order valence-electron chi connectivity index (χ0n) is 16.7. The molecular formula is C23H27N3O2. The summed E-state index contributed by atoms with van der Waals surface area (Å²) in [5.74, 6) is 0.698. The smallest absolute Gasteiger partial charge is 0.336 e. The number of hydrogen-bond acceptors (Lipinski definition) is 5. The van der Waals surface area contributed by atoms with Crippen LogP contribution in [0.15, 0.2) is 41.6 Å². The van der Waals surface area contributed by atoms with Gasteiger partial charge >= 0.3 is 5.97 Å². The zero-order chi connectivity index (χ0) is 19.8. The molecule has 2 aliphatic rings. The number of allylic oxidation sites excluding steroid dienone is 1. The van der Waals surface area contributed by atoms with Crippen LogP contribution in [0.1, 0.15) is 55.0 Å². The van der Waals surface area contributed by atoms with E-state index >= 15 is 0 Å². The maximum Gasteiger partial charge on any atom is 0.336 e. The predicted octanol–water partition coefficient (Wildman–Crippen LogP) is 4.32. The topological polar surface area (TPSA) is 77.2 Å². The second-order valence-corrected chi connectivity index (χ2v) is 7.76. The fourth-order valence-electron chi connectivity index (χ4n) is 3.91. The van der Waals surface area contributed by atoms with E-state index < -0.39 is 0 Å². The Hall–Kier alpha value is -2.82. The summed E-state index contributed by atoms with van der Waals surface area (Å²) in [4.78, 5) is 17.9. The van der Waals surface area contributed by atoms with Gasteiger partial charge in [-0.25, -0.2) is 9.78 Å². The van der Waals surface area contributed by atoms with Gasteiger partial charge in [-0.2, -0.15) is 0 Å². The van der Waals surface area contributed by atoms with Gasteiger partial charge in [0.05, 0.1) is 12.2 Å². The third-order valence-corrected chi connectivity index (χ3v) is 5.75. The van der Waals surface area contributed by atoms with Crippen LogP contribution in [0, 0.1) is 12.8 Å². The minimum Gasteiger partial charge on any atom is -0.462 e. The lowest BCUT2D eigenvalue weighted by Crippen LogP contribution is -2.27. The zero-order valence-corrected chi connectivity index (χ0v) is 16.7. The van der Waals surface area contributed by atoms with Crippen molar-refractivity contribution >= 4 is 17.5 Å². The number of carbonyl (C=O) groups is 1. The van der Waals surface area contributed by atoms with Crippen molar-refractivity contribution in [2.24, 2.45) is 5.92 Å². The van der Waals surface area contributed by atoms with Gasteiger partial charge in [-0.3, -0.25) is 0 Å². The highest BCUT2D eigenvalue weighted by Crippen LogP contribution is 2.45. The normalized spacial score (nSPS) is 18.5. The number of ether oxygens (including phenoxy) is 1. The molecule has 146 valence electrons. The molecule has 0 bridgehead atoms. The van der Waals surface area contributed by atoms with Gasteiger partial charge in [0, 0.05) is 28.6 Å². The number of nitrogens with two attached hydrogens (primary N) is 1. The molecule has 1 fully saturated rings. The van der Waals surface area contributed by atoms with Crippen LogP contribution in [0.2, 0.25) is 0 Å². The molecular weight excluding hydrogens is 350 g/mol. The van der Waals surface area contributed by atoms with Crippen LogP contribution in [0.5, 0.6) is 0 Å². The van der Waals surface area contributed by atoms with Crippen LogP contribution in [-0.2, 0) is 16.0 Å². The number of esters is 1. The third-order valence-electron chi connectivity index (χ3n) is 5.75. The van der Waals surface area contributed by atoms with E-state index in [0.717, 1.165) is 53.2 Å². The van der Waals surface area contributed by atoms with Crippen LogP contribution < -0.4 is 11.1 Å². The molecule has 1 aliphatic carbocycles. The van der Waals surface area contributed by atoms with E-state index in [0.29, 0.717) is 23.8 Å². The lowest BCUT2D eigenvalue weighted by atomic mass is 9.80. The largest absolute Gasteiger partial charge is 0.462 e. The van der Waals surface area contributed by atoms with Crippen molar-refractivity contribution in [3.8, 4) is 0 Å². The van der Waals surface area contributed by atoms with E-state index in [1.165, 1.54) is 0 Å². The van der Waals surface area contributed by atoms with Gasteiger partial charge < -0.3 is 15.8 Å². The van der Waals surface area contributed by atoms with E-state index in [-0.39, 0.29) is 11.9 Å². The number of hydrogen-bond donors (Lipinski definition) is 2. The van der Waals surface area contributed by atoms with E-state index in [2.05, 4.69) is 12.2 Å². The maximum absolute atomic E-state index is 13.1. The Kier molecular flexibility index (Phi) is 4.84. The average Bonchev–Trinajstić information content (AvgIpc) is 3.53. The lowest BCUT2D eigenvalue weighted by Gasteiger charge is -2.31. The summed E-state index contributed by atoms with van der Waals surface area (Å²) < 4.78 is 5.66. The first-order valence-electron chi connectivity index (χ1n) is 9.99. The molecule has 1 aromatic heterocycles. The van der Waals surface area contributed by atoms with Gasteiger partial charge in [0.1, 0.15) is 5.82 Å². The van der Waals surface area contributed by atoms with Crippen LogP contribution in [-0.4, -0.2) is 17.6 Å². The Morgan fingerprint density at radius 1 is 1.25 bits per heavy atom. The summed E-state index contributed by atoms with van der Waals surface area (Å²) in [7, 11) is 0. The van der Waals surface area contributed by atoms with Gasteiger partial charge in [0.25, 0.3) is 0 Å².